The van der Waals surface area contributed by atoms with Gasteiger partial charge in [-0.3, -0.25) is 0 Å². The zero-order valence-electron chi connectivity index (χ0n) is 12.9. The molecule has 0 atom stereocenters. The van der Waals surface area contributed by atoms with Crippen LogP contribution in [0.5, 0.6) is 0 Å². The highest BCUT2D eigenvalue weighted by molar-refractivity contribution is 4.87. The van der Waals surface area contributed by atoms with Crippen LogP contribution in [0.15, 0.2) is 0 Å². The predicted octanol–water partition coefficient (Wildman–Crippen LogP) is 3.67. The SMILES string of the molecule is CCNCCCCCCN1CCC(CC)(CC)C1. The van der Waals surface area contributed by atoms with E-state index in [2.05, 4.69) is 31.0 Å². The van der Waals surface area contributed by atoms with Gasteiger partial charge >= 0.3 is 0 Å². The normalized spacial score (nSPS) is 19.5. The van der Waals surface area contributed by atoms with Crippen LogP contribution in [0.3, 0.4) is 0 Å². The average molecular weight is 254 g/mol. The maximum Gasteiger partial charge on any atom is 0.00382 e. The maximum absolute atomic E-state index is 3.40. The van der Waals surface area contributed by atoms with Gasteiger partial charge in [-0.25, -0.2) is 0 Å². The summed E-state index contributed by atoms with van der Waals surface area (Å²) in [4.78, 5) is 2.71. The van der Waals surface area contributed by atoms with Crippen molar-refractivity contribution < 1.29 is 0 Å². The van der Waals surface area contributed by atoms with Crippen LogP contribution in [0.25, 0.3) is 0 Å². The lowest BCUT2D eigenvalue weighted by molar-refractivity contribution is 0.237. The smallest absolute Gasteiger partial charge is 0.00382 e. The Morgan fingerprint density at radius 2 is 1.72 bits per heavy atom. The van der Waals surface area contributed by atoms with Gasteiger partial charge in [0.15, 0.2) is 0 Å². The molecule has 0 aliphatic carbocycles. The molecule has 1 saturated heterocycles. The quantitative estimate of drug-likeness (QED) is 0.598. The van der Waals surface area contributed by atoms with Gasteiger partial charge in [-0.05, 0) is 63.7 Å². The molecule has 2 nitrogen and oxygen atoms in total. The van der Waals surface area contributed by atoms with E-state index in [1.54, 1.807) is 0 Å². The Bertz CT molecular complexity index is 199. The number of nitrogens with one attached hydrogen (secondary N) is 1. The van der Waals surface area contributed by atoms with E-state index in [0.29, 0.717) is 5.41 Å². The lowest BCUT2D eigenvalue weighted by atomic mass is 9.82. The van der Waals surface area contributed by atoms with E-state index in [4.69, 9.17) is 0 Å². The van der Waals surface area contributed by atoms with Crippen molar-refractivity contribution in [2.75, 3.05) is 32.7 Å². The zero-order chi connectivity index (χ0) is 13.3. The number of unbranched alkanes of at least 4 members (excludes halogenated alkanes) is 3. The first-order valence-electron chi connectivity index (χ1n) is 8.19. The Morgan fingerprint density at radius 3 is 2.33 bits per heavy atom. The molecular formula is C16H34N2. The molecule has 0 radical (unpaired) electrons. The van der Waals surface area contributed by atoms with Crippen LogP contribution in [-0.2, 0) is 0 Å². The molecule has 0 spiro atoms. The van der Waals surface area contributed by atoms with Crippen LogP contribution >= 0.6 is 0 Å². The second kappa shape index (κ2) is 8.92. The molecule has 1 heterocycles. The van der Waals surface area contributed by atoms with Crippen molar-refractivity contribution in [3.63, 3.8) is 0 Å². The molecule has 1 aliphatic heterocycles. The third kappa shape index (κ3) is 5.27. The Morgan fingerprint density at radius 1 is 1.00 bits per heavy atom. The van der Waals surface area contributed by atoms with Crippen molar-refractivity contribution in [2.45, 2.75) is 65.7 Å². The first-order chi connectivity index (χ1) is 8.76. The second-order valence-corrected chi connectivity index (χ2v) is 6.00. The molecule has 0 amide bonds. The zero-order valence-corrected chi connectivity index (χ0v) is 12.9. The summed E-state index contributed by atoms with van der Waals surface area (Å²) in [5.74, 6) is 0. The van der Waals surface area contributed by atoms with Gasteiger partial charge in [-0.15, -0.1) is 0 Å². The van der Waals surface area contributed by atoms with E-state index in [0.717, 1.165) is 6.54 Å². The minimum absolute atomic E-state index is 0.658. The average Bonchev–Trinajstić information content (AvgIpc) is 2.82. The summed E-state index contributed by atoms with van der Waals surface area (Å²) < 4.78 is 0. The van der Waals surface area contributed by atoms with Gasteiger partial charge in [-0.2, -0.15) is 0 Å². The van der Waals surface area contributed by atoms with Gasteiger partial charge in [0.1, 0.15) is 0 Å². The van der Waals surface area contributed by atoms with Gasteiger partial charge in [-0.1, -0.05) is 33.6 Å². The highest BCUT2D eigenvalue weighted by Crippen LogP contribution is 2.36. The van der Waals surface area contributed by atoms with Gasteiger partial charge < -0.3 is 10.2 Å². The van der Waals surface area contributed by atoms with Crippen molar-refractivity contribution in [1.29, 1.82) is 0 Å². The number of likely N-dealkylation sites (tertiary alicyclic amines) is 1. The van der Waals surface area contributed by atoms with E-state index >= 15 is 0 Å². The topological polar surface area (TPSA) is 15.3 Å². The van der Waals surface area contributed by atoms with E-state index in [1.807, 2.05) is 0 Å². The lowest BCUT2D eigenvalue weighted by Crippen LogP contribution is -2.27. The summed E-state index contributed by atoms with van der Waals surface area (Å²) in [7, 11) is 0. The first-order valence-corrected chi connectivity index (χ1v) is 8.19. The van der Waals surface area contributed by atoms with Crippen molar-refractivity contribution in [3.05, 3.63) is 0 Å². The Labute approximate surface area is 115 Å². The largest absolute Gasteiger partial charge is 0.317 e. The van der Waals surface area contributed by atoms with E-state index < -0.39 is 0 Å². The Balaban J connectivity index is 2.01. The fourth-order valence-electron chi connectivity index (χ4n) is 3.16. The molecule has 1 N–H and O–H groups in total. The summed E-state index contributed by atoms with van der Waals surface area (Å²) in [6.07, 6.45) is 9.71. The lowest BCUT2D eigenvalue weighted by Gasteiger charge is -2.26. The monoisotopic (exact) mass is 254 g/mol. The number of hydrogen-bond donors (Lipinski definition) is 1. The number of rotatable bonds is 10. The molecule has 0 aromatic rings. The van der Waals surface area contributed by atoms with E-state index in [9.17, 15) is 0 Å². The van der Waals surface area contributed by atoms with E-state index in [-0.39, 0.29) is 0 Å². The minimum atomic E-state index is 0.658. The summed E-state index contributed by atoms with van der Waals surface area (Å²) in [6, 6.07) is 0. The molecular weight excluding hydrogens is 220 g/mol. The minimum Gasteiger partial charge on any atom is -0.317 e. The Hall–Kier alpha value is -0.0800. The van der Waals surface area contributed by atoms with Crippen LogP contribution in [0.1, 0.15) is 65.7 Å². The molecule has 18 heavy (non-hydrogen) atoms. The van der Waals surface area contributed by atoms with Gasteiger partial charge in [0.25, 0.3) is 0 Å². The van der Waals surface area contributed by atoms with Crippen molar-refractivity contribution in [3.8, 4) is 0 Å². The van der Waals surface area contributed by atoms with Crippen LogP contribution in [0.2, 0.25) is 0 Å². The summed E-state index contributed by atoms with van der Waals surface area (Å²) in [6.45, 7) is 13.3. The van der Waals surface area contributed by atoms with Crippen LogP contribution in [-0.4, -0.2) is 37.6 Å². The molecule has 0 aromatic heterocycles. The molecule has 1 fully saturated rings. The standard InChI is InChI=1S/C16H34N2/c1-4-16(5-2)11-14-18(15-16)13-10-8-7-9-12-17-6-3/h17H,4-15H2,1-3H3. The van der Waals surface area contributed by atoms with Crippen LogP contribution in [0.4, 0.5) is 0 Å². The molecule has 0 bridgehead atoms. The fourth-order valence-corrected chi connectivity index (χ4v) is 3.16. The molecule has 0 saturated carbocycles. The molecule has 1 rings (SSSR count). The molecule has 108 valence electrons. The van der Waals surface area contributed by atoms with Crippen molar-refractivity contribution in [1.82, 2.24) is 10.2 Å². The summed E-state index contributed by atoms with van der Waals surface area (Å²) >= 11 is 0. The molecule has 1 aliphatic rings. The second-order valence-electron chi connectivity index (χ2n) is 6.00. The molecule has 0 unspecified atom stereocenters. The third-order valence-corrected chi connectivity index (χ3v) is 4.85. The molecule has 0 aromatic carbocycles. The molecule has 2 heteroatoms. The van der Waals surface area contributed by atoms with Crippen molar-refractivity contribution >= 4 is 0 Å². The van der Waals surface area contributed by atoms with Gasteiger partial charge in [0, 0.05) is 6.54 Å². The first kappa shape index (κ1) is 16.0. The van der Waals surface area contributed by atoms with Gasteiger partial charge in [0.2, 0.25) is 0 Å². The van der Waals surface area contributed by atoms with Crippen LogP contribution < -0.4 is 5.32 Å². The number of nitrogens with zero attached hydrogens (tertiary/aromatic N) is 1. The fraction of sp³-hybridized carbons (Fsp3) is 1.00. The summed E-state index contributed by atoms with van der Waals surface area (Å²) in [5.41, 5.74) is 0.658. The maximum atomic E-state index is 3.40. The van der Waals surface area contributed by atoms with Crippen molar-refractivity contribution in [2.24, 2.45) is 5.41 Å². The summed E-state index contributed by atoms with van der Waals surface area (Å²) in [5, 5.41) is 3.40. The third-order valence-electron chi connectivity index (χ3n) is 4.85. The van der Waals surface area contributed by atoms with E-state index in [1.165, 1.54) is 71.1 Å². The predicted molar refractivity (Wildman–Crippen MR) is 81.1 cm³/mol. The van der Waals surface area contributed by atoms with Gasteiger partial charge in [0.05, 0.1) is 0 Å². The van der Waals surface area contributed by atoms with Crippen LogP contribution in [0, 0.1) is 5.41 Å². The Kier molecular flexibility index (Phi) is 7.92. The highest BCUT2D eigenvalue weighted by Gasteiger charge is 2.34. The number of hydrogen-bond acceptors (Lipinski definition) is 2. The highest BCUT2D eigenvalue weighted by atomic mass is 15.2.